The van der Waals surface area contributed by atoms with Gasteiger partial charge in [0.2, 0.25) is 0 Å². The van der Waals surface area contributed by atoms with Crippen molar-refractivity contribution in [3.05, 3.63) is 42.1 Å². The van der Waals surface area contributed by atoms with Crippen molar-refractivity contribution in [3.8, 4) is 0 Å². The van der Waals surface area contributed by atoms with Gasteiger partial charge in [0.05, 0.1) is 5.52 Å². The Bertz CT molecular complexity index is 564. The lowest BCUT2D eigenvalue weighted by molar-refractivity contribution is 0.482. The molecular formula is C18H24N2. The van der Waals surface area contributed by atoms with E-state index < -0.39 is 0 Å². The van der Waals surface area contributed by atoms with Crippen molar-refractivity contribution in [2.75, 3.05) is 6.54 Å². The molecule has 2 nitrogen and oxygen atoms in total. The van der Waals surface area contributed by atoms with Gasteiger partial charge >= 0.3 is 0 Å². The van der Waals surface area contributed by atoms with Crippen molar-refractivity contribution >= 4 is 10.9 Å². The Labute approximate surface area is 121 Å². The summed E-state index contributed by atoms with van der Waals surface area (Å²) in [6, 6.07) is 13.5. The first-order valence-corrected chi connectivity index (χ1v) is 7.93. The van der Waals surface area contributed by atoms with E-state index in [9.17, 15) is 0 Å². The Morgan fingerprint density at radius 1 is 1.15 bits per heavy atom. The van der Waals surface area contributed by atoms with Gasteiger partial charge in [-0.05, 0) is 56.7 Å². The molecule has 0 radical (unpaired) electrons. The standard InChI is InChI=1S/C18H24N2/c1-2-11-19-16-9-7-14(12-16)13-17-10-8-15-5-3-4-6-18(15)20-17/h3-6,8,10,14,16,19H,2,7,9,11-13H2,1H3. The minimum absolute atomic E-state index is 0.736. The van der Waals surface area contributed by atoms with Crippen LogP contribution in [0.4, 0.5) is 0 Å². The fraction of sp³-hybridized carbons (Fsp3) is 0.500. The predicted molar refractivity (Wildman–Crippen MR) is 84.9 cm³/mol. The number of nitrogens with zero attached hydrogens (tertiary/aromatic N) is 1. The van der Waals surface area contributed by atoms with Crippen LogP contribution in [0, 0.1) is 5.92 Å². The molecule has 1 aliphatic carbocycles. The maximum absolute atomic E-state index is 4.81. The third-order valence-corrected chi connectivity index (χ3v) is 4.38. The molecule has 2 aromatic rings. The SMILES string of the molecule is CCCNC1CCC(Cc2ccc3ccccc3n2)C1. The minimum Gasteiger partial charge on any atom is -0.314 e. The van der Waals surface area contributed by atoms with Crippen molar-refractivity contribution in [3.63, 3.8) is 0 Å². The maximum Gasteiger partial charge on any atom is 0.0705 e. The summed E-state index contributed by atoms with van der Waals surface area (Å²) < 4.78 is 0. The number of nitrogens with one attached hydrogen (secondary N) is 1. The van der Waals surface area contributed by atoms with Gasteiger partial charge in [-0.1, -0.05) is 31.2 Å². The molecule has 2 unspecified atom stereocenters. The zero-order valence-corrected chi connectivity index (χ0v) is 12.3. The van der Waals surface area contributed by atoms with Crippen LogP contribution in [-0.4, -0.2) is 17.6 Å². The molecule has 106 valence electrons. The molecular weight excluding hydrogens is 244 g/mol. The molecule has 20 heavy (non-hydrogen) atoms. The van der Waals surface area contributed by atoms with E-state index in [1.54, 1.807) is 0 Å². The van der Waals surface area contributed by atoms with E-state index in [2.05, 4.69) is 48.6 Å². The van der Waals surface area contributed by atoms with Gasteiger partial charge < -0.3 is 5.32 Å². The molecule has 3 rings (SSSR count). The Hall–Kier alpha value is -1.41. The Morgan fingerprint density at radius 2 is 2.05 bits per heavy atom. The molecule has 2 atom stereocenters. The number of rotatable bonds is 5. The predicted octanol–water partition coefficient (Wildman–Crippen LogP) is 3.95. The number of fused-ring (bicyclic) bond motifs is 1. The van der Waals surface area contributed by atoms with Crippen LogP contribution in [-0.2, 0) is 6.42 Å². The molecule has 1 aromatic carbocycles. The number of hydrogen-bond acceptors (Lipinski definition) is 2. The number of para-hydroxylation sites is 1. The van der Waals surface area contributed by atoms with Crippen molar-refractivity contribution in [2.45, 2.75) is 45.1 Å². The van der Waals surface area contributed by atoms with E-state index >= 15 is 0 Å². The highest BCUT2D eigenvalue weighted by atomic mass is 14.9. The van der Waals surface area contributed by atoms with Gasteiger partial charge in [0.25, 0.3) is 0 Å². The van der Waals surface area contributed by atoms with Gasteiger partial charge in [-0.3, -0.25) is 4.98 Å². The van der Waals surface area contributed by atoms with Crippen LogP contribution in [0.3, 0.4) is 0 Å². The topological polar surface area (TPSA) is 24.9 Å². The lowest BCUT2D eigenvalue weighted by atomic mass is 10.0. The first-order valence-electron chi connectivity index (χ1n) is 7.93. The quantitative estimate of drug-likeness (QED) is 0.888. The highest BCUT2D eigenvalue weighted by Crippen LogP contribution is 2.28. The van der Waals surface area contributed by atoms with E-state index in [0.717, 1.165) is 30.4 Å². The van der Waals surface area contributed by atoms with Crippen LogP contribution < -0.4 is 5.32 Å². The second kappa shape index (κ2) is 6.36. The van der Waals surface area contributed by atoms with Crippen LogP contribution >= 0.6 is 0 Å². The average Bonchev–Trinajstić information content (AvgIpc) is 2.92. The number of benzene rings is 1. The lowest BCUT2D eigenvalue weighted by Crippen LogP contribution is -2.27. The summed E-state index contributed by atoms with van der Waals surface area (Å²) in [5.41, 5.74) is 2.38. The van der Waals surface area contributed by atoms with Gasteiger partial charge in [0.1, 0.15) is 0 Å². The summed E-state index contributed by atoms with van der Waals surface area (Å²) in [6.07, 6.45) is 6.35. The third kappa shape index (κ3) is 3.18. The Morgan fingerprint density at radius 3 is 2.95 bits per heavy atom. The molecule has 2 heteroatoms. The van der Waals surface area contributed by atoms with E-state index in [0.29, 0.717) is 0 Å². The molecule has 1 aliphatic rings. The van der Waals surface area contributed by atoms with Gasteiger partial charge in [0, 0.05) is 17.1 Å². The number of aromatic nitrogens is 1. The zero-order valence-electron chi connectivity index (χ0n) is 12.3. The molecule has 0 spiro atoms. The van der Waals surface area contributed by atoms with Crippen LogP contribution in [0.2, 0.25) is 0 Å². The molecule has 0 saturated heterocycles. The third-order valence-electron chi connectivity index (χ3n) is 4.38. The minimum atomic E-state index is 0.736. The summed E-state index contributed by atoms with van der Waals surface area (Å²) in [6.45, 7) is 3.39. The zero-order chi connectivity index (χ0) is 13.8. The van der Waals surface area contributed by atoms with E-state index in [4.69, 9.17) is 4.98 Å². The second-order valence-electron chi connectivity index (χ2n) is 6.03. The summed E-state index contributed by atoms with van der Waals surface area (Å²) in [5.74, 6) is 0.804. The maximum atomic E-state index is 4.81. The Balaban J connectivity index is 1.62. The summed E-state index contributed by atoms with van der Waals surface area (Å²) in [4.78, 5) is 4.81. The number of hydrogen-bond donors (Lipinski definition) is 1. The first kappa shape index (κ1) is 13.6. The van der Waals surface area contributed by atoms with Crippen LogP contribution in [0.25, 0.3) is 10.9 Å². The molecule has 1 saturated carbocycles. The summed E-state index contributed by atoms with van der Waals surface area (Å²) in [5, 5.41) is 4.90. The fourth-order valence-corrected chi connectivity index (χ4v) is 3.31. The molecule has 1 fully saturated rings. The summed E-state index contributed by atoms with van der Waals surface area (Å²) in [7, 11) is 0. The number of pyridine rings is 1. The van der Waals surface area contributed by atoms with Crippen molar-refractivity contribution in [1.82, 2.24) is 10.3 Å². The van der Waals surface area contributed by atoms with Crippen molar-refractivity contribution < 1.29 is 0 Å². The molecule has 0 amide bonds. The molecule has 1 N–H and O–H groups in total. The van der Waals surface area contributed by atoms with Gasteiger partial charge in [0.15, 0.2) is 0 Å². The highest BCUT2D eigenvalue weighted by Gasteiger charge is 2.24. The lowest BCUT2D eigenvalue weighted by Gasteiger charge is -2.12. The molecule has 0 aliphatic heterocycles. The monoisotopic (exact) mass is 268 g/mol. The van der Waals surface area contributed by atoms with Crippen LogP contribution in [0.15, 0.2) is 36.4 Å². The van der Waals surface area contributed by atoms with Crippen LogP contribution in [0.5, 0.6) is 0 Å². The van der Waals surface area contributed by atoms with Crippen molar-refractivity contribution in [1.29, 1.82) is 0 Å². The van der Waals surface area contributed by atoms with E-state index in [1.165, 1.54) is 36.8 Å². The normalized spacial score (nSPS) is 22.4. The van der Waals surface area contributed by atoms with Gasteiger partial charge in [-0.15, -0.1) is 0 Å². The molecule has 0 bridgehead atoms. The average molecular weight is 268 g/mol. The molecule has 1 heterocycles. The Kier molecular flexibility index (Phi) is 4.31. The van der Waals surface area contributed by atoms with E-state index in [1.807, 2.05) is 0 Å². The second-order valence-corrected chi connectivity index (χ2v) is 6.03. The first-order chi connectivity index (χ1) is 9.85. The highest BCUT2D eigenvalue weighted by molar-refractivity contribution is 5.78. The largest absolute Gasteiger partial charge is 0.314 e. The van der Waals surface area contributed by atoms with Crippen molar-refractivity contribution in [2.24, 2.45) is 5.92 Å². The smallest absolute Gasteiger partial charge is 0.0705 e. The fourth-order valence-electron chi connectivity index (χ4n) is 3.31. The molecule has 1 aromatic heterocycles. The van der Waals surface area contributed by atoms with Crippen LogP contribution in [0.1, 0.15) is 38.3 Å². The van der Waals surface area contributed by atoms with Gasteiger partial charge in [-0.2, -0.15) is 0 Å². The van der Waals surface area contributed by atoms with E-state index in [-0.39, 0.29) is 0 Å². The summed E-state index contributed by atoms with van der Waals surface area (Å²) >= 11 is 0. The van der Waals surface area contributed by atoms with Gasteiger partial charge in [-0.25, -0.2) is 0 Å².